The van der Waals surface area contributed by atoms with E-state index in [0.717, 1.165) is 41.5 Å². The Hall–Kier alpha value is -2.84. The summed E-state index contributed by atoms with van der Waals surface area (Å²) in [5, 5.41) is 1.31. The molecule has 1 aliphatic carbocycles. The molecule has 1 aromatic carbocycles. The van der Waals surface area contributed by atoms with Gasteiger partial charge >= 0.3 is 0 Å². The van der Waals surface area contributed by atoms with Crippen LogP contribution in [0, 0.1) is 0 Å². The van der Waals surface area contributed by atoms with Gasteiger partial charge in [-0.3, -0.25) is 14.2 Å². The van der Waals surface area contributed by atoms with E-state index in [0.29, 0.717) is 24.0 Å². The minimum absolute atomic E-state index is 0.00628. The molecular formula is C25H25N3O3S2. The van der Waals surface area contributed by atoms with Crippen molar-refractivity contribution in [2.24, 2.45) is 0 Å². The number of carbonyl (C=O) groups is 1. The Morgan fingerprint density at radius 2 is 2.00 bits per heavy atom. The molecule has 0 radical (unpaired) electrons. The number of thioether (sulfide) groups is 1. The van der Waals surface area contributed by atoms with Crippen molar-refractivity contribution in [3.8, 4) is 0 Å². The van der Waals surface area contributed by atoms with E-state index in [2.05, 4.69) is 0 Å². The lowest BCUT2D eigenvalue weighted by molar-refractivity contribution is -0.127. The SMILES string of the molecule is CN(Cc1ccccc1)C(=O)CSc1nc2sc3c(c2c(=O)n1Cc1ccco1)CCCC3. The van der Waals surface area contributed by atoms with Crippen molar-refractivity contribution in [2.45, 2.75) is 43.9 Å². The second kappa shape index (κ2) is 9.57. The third-order valence-corrected chi connectivity index (χ3v) is 8.09. The largest absolute Gasteiger partial charge is 0.467 e. The molecule has 0 atom stereocenters. The minimum Gasteiger partial charge on any atom is -0.467 e. The van der Waals surface area contributed by atoms with Gasteiger partial charge in [-0.2, -0.15) is 0 Å². The summed E-state index contributed by atoms with van der Waals surface area (Å²) in [6, 6.07) is 13.6. The highest BCUT2D eigenvalue weighted by Gasteiger charge is 2.23. The highest BCUT2D eigenvalue weighted by molar-refractivity contribution is 7.99. The fraction of sp³-hybridized carbons (Fsp3) is 0.320. The fourth-order valence-corrected chi connectivity index (χ4v) is 6.45. The van der Waals surface area contributed by atoms with Crippen molar-refractivity contribution >= 4 is 39.2 Å². The van der Waals surface area contributed by atoms with Crippen molar-refractivity contribution in [3.63, 3.8) is 0 Å². The zero-order valence-electron chi connectivity index (χ0n) is 18.5. The maximum absolute atomic E-state index is 13.6. The van der Waals surface area contributed by atoms with Crippen LogP contribution < -0.4 is 5.56 Å². The summed E-state index contributed by atoms with van der Waals surface area (Å²) >= 11 is 2.95. The van der Waals surface area contributed by atoms with Gasteiger partial charge in [0.15, 0.2) is 5.16 Å². The summed E-state index contributed by atoms with van der Waals surface area (Å²) < 4.78 is 7.18. The van der Waals surface area contributed by atoms with Crippen molar-refractivity contribution in [3.05, 3.63) is 80.8 Å². The molecule has 1 aliphatic rings. The van der Waals surface area contributed by atoms with Gasteiger partial charge in [0.05, 0.1) is 23.9 Å². The van der Waals surface area contributed by atoms with Crippen molar-refractivity contribution in [2.75, 3.05) is 12.8 Å². The van der Waals surface area contributed by atoms with E-state index in [1.165, 1.54) is 22.2 Å². The summed E-state index contributed by atoms with van der Waals surface area (Å²) in [6.07, 6.45) is 5.81. The molecule has 0 bridgehead atoms. The topological polar surface area (TPSA) is 68.3 Å². The fourth-order valence-electron chi connectivity index (χ4n) is 4.21. The van der Waals surface area contributed by atoms with Crippen molar-refractivity contribution in [1.82, 2.24) is 14.5 Å². The second-order valence-electron chi connectivity index (χ2n) is 8.28. The Bertz CT molecular complexity index is 1330. The normalized spacial score (nSPS) is 13.2. The van der Waals surface area contributed by atoms with Crippen molar-refractivity contribution < 1.29 is 9.21 Å². The van der Waals surface area contributed by atoms with E-state index in [4.69, 9.17) is 9.40 Å². The number of fused-ring (bicyclic) bond motifs is 3. The zero-order chi connectivity index (χ0) is 22.8. The lowest BCUT2D eigenvalue weighted by Gasteiger charge is -2.18. The number of aryl methyl sites for hydroxylation is 2. The molecule has 0 N–H and O–H groups in total. The average molecular weight is 480 g/mol. The van der Waals surface area contributed by atoms with Gasteiger partial charge in [0, 0.05) is 18.5 Å². The Labute approximate surface area is 200 Å². The smallest absolute Gasteiger partial charge is 0.263 e. The van der Waals surface area contributed by atoms with Gasteiger partial charge in [0.25, 0.3) is 5.56 Å². The average Bonchev–Trinajstić information content (AvgIpc) is 3.47. The minimum atomic E-state index is -0.0385. The maximum Gasteiger partial charge on any atom is 0.263 e. The molecular weight excluding hydrogens is 454 g/mol. The summed E-state index contributed by atoms with van der Waals surface area (Å²) in [7, 11) is 1.80. The summed E-state index contributed by atoms with van der Waals surface area (Å²) in [6.45, 7) is 0.847. The molecule has 0 saturated carbocycles. The number of nitrogens with zero attached hydrogens (tertiary/aromatic N) is 3. The van der Waals surface area contributed by atoms with Gasteiger partial charge in [0.1, 0.15) is 10.6 Å². The summed E-state index contributed by atoms with van der Waals surface area (Å²) in [5.41, 5.74) is 2.21. The number of rotatable bonds is 7. The Morgan fingerprint density at radius 1 is 1.18 bits per heavy atom. The molecule has 33 heavy (non-hydrogen) atoms. The van der Waals surface area contributed by atoms with Gasteiger partial charge in [-0.05, 0) is 48.9 Å². The van der Waals surface area contributed by atoms with E-state index in [1.807, 2.05) is 42.5 Å². The summed E-state index contributed by atoms with van der Waals surface area (Å²) in [4.78, 5) is 35.1. The number of aromatic nitrogens is 2. The van der Waals surface area contributed by atoms with Crippen LogP contribution in [0.2, 0.25) is 0 Å². The monoisotopic (exact) mass is 479 g/mol. The molecule has 0 saturated heterocycles. The molecule has 3 aromatic heterocycles. The molecule has 0 fully saturated rings. The molecule has 0 unspecified atom stereocenters. The highest BCUT2D eigenvalue weighted by Crippen LogP contribution is 2.34. The summed E-state index contributed by atoms with van der Waals surface area (Å²) in [5.74, 6) is 0.898. The van der Waals surface area contributed by atoms with Gasteiger partial charge in [0.2, 0.25) is 5.91 Å². The van der Waals surface area contributed by atoms with E-state index in [1.54, 1.807) is 34.1 Å². The van der Waals surface area contributed by atoms with Crippen LogP contribution in [0.4, 0.5) is 0 Å². The molecule has 1 amide bonds. The van der Waals surface area contributed by atoms with Crippen LogP contribution in [-0.4, -0.2) is 33.2 Å². The zero-order valence-corrected chi connectivity index (χ0v) is 20.1. The molecule has 5 rings (SSSR count). The van der Waals surface area contributed by atoms with E-state index in [9.17, 15) is 9.59 Å². The first-order valence-corrected chi connectivity index (χ1v) is 12.9. The number of benzene rings is 1. The van der Waals surface area contributed by atoms with Crippen LogP contribution in [0.25, 0.3) is 10.2 Å². The lowest BCUT2D eigenvalue weighted by Crippen LogP contribution is -2.29. The number of furan rings is 1. The number of hydrogen-bond acceptors (Lipinski definition) is 6. The maximum atomic E-state index is 13.6. The first kappa shape index (κ1) is 22.0. The second-order valence-corrected chi connectivity index (χ2v) is 10.3. The van der Waals surface area contributed by atoms with E-state index < -0.39 is 0 Å². The van der Waals surface area contributed by atoms with Crippen LogP contribution >= 0.6 is 23.1 Å². The van der Waals surface area contributed by atoms with E-state index >= 15 is 0 Å². The third kappa shape index (κ3) is 4.63. The molecule has 0 aliphatic heterocycles. The van der Waals surface area contributed by atoms with Gasteiger partial charge < -0.3 is 9.32 Å². The van der Waals surface area contributed by atoms with Crippen LogP contribution in [0.15, 0.2) is 63.1 Å². The number of hydrogen-bond donors (Lipinski definition) is 0. The van der Waals surface area contributed by atoms with Gasteiger partial charge in [-0.1, -0.05) is 42.1 Å². The van der Waals surface area contributed by atoms with Gasteiger partial charge in [-0.25, -0.2) is 4.98 Å². The number of thiophene rings is 1. The lowest BCUT2D eigenvalue weighted by atomic mass is 9.97. The van der Waals surface area contributed by atoms with Crippen LogP contribution in [0.3, 0.4) is 0 Å². The number of carbonyl (C=O) groups excluding carboxylic acids is 1. The number of amides is 1. The molecule has 4 aromatic rings. The Kier molecular flexibility index (Phi) is 6.37. The quantitative estimate of drug-likeness (QED) is 0.283. The third-order valence-electron chi connectivity index (χ3n) is 5.95. The molecule has 170 valence electrons. The first-order chi connectivity index (χ1) is 16.1. The van der Waals surface area contributed by atoms with Crippen LogP contribution in [0.1, 0.15) is 34.6 Å². The van der Waals surface area contributed by atoms with E-state index in [-0.39, 0.29) is 17.2 Å². The first-order valence-electron chi connectivity index (χ1n) is 11.1. The predicted molar refractivity (Wildman–Crippen MR) is 132 cm³/mol. The Morgan fingerprint density at radius 3 is 2.79 bits per heavy atom. The van der Waals surface area contributed by atoms with Crippen LogP contribution in [-0.2, 0) is 30.7 Å². The molecule has 8 heteroatoms. The molecule has 3 heterocycles. The standard InChI is InChI=1S/C25H25N3O3S2/c1-27(14-17-8-3-2-4-9-17)21(29)16-32-25-26-23-22(19-11-5-6-12-20(19)33-23)24(30)28(25)15-18-10-7-13-31-18/h2-4,7-10,13H,5-6,11-12,14-16H2,1H3. The Balaban J connectivity index is 1.43. The van der Waals surface area contributed by atoms with Gasteiger partial charge in [-0.15, -0.1) is 11.3 Å². The van der Waals surface area contributed by atoms with Crippen LogP contribution in [0.5, 0.6) is 0 Å². The molecule has 6 nitrogen and oxygen atoms in total. The van der Waals surface area contributed by atoms with Crippen molar-refractivity contribution in [1.29, 1.82) is 0 Å². The molecule has 0 spiro atoms. The predicted octanol–water partition coefficient (Wildman–Crippen LogP) is 4.73. The highest BCUT2D eigenvalue weighted by atomic mass is 32.2.